The average Bonchev–Trinajstić information content (AvgIpc) is 2.71. The van der Waals surface area contributed by atoms with Crippen LogP contribution in [0.2, 0.25) is 20.1 Å². The fraction of sp³-hybridized carbons (Fsp3) is 0.200. The Balaban J connectivity index is 1.61. The van der Waals surface area contributed by atoms with Crippen molar-refractivity contribution in [3.63, 3.8) is 0 Å². The maximum absolute atomic E-state index is 11.8. The molecule has 2 rings (SSSR count). The highest BCUT2D eigenvalue weighted by Gasteiger charge is 2.04. The SMILES string of the molecule is O=C(CCCCC(=O)NN=Cc1ccc(Cl)c(Cl)c1)NN=Cc1ccc(Cl)c(Cl)c1. The Labute approximate surface area is 194 Å². The van der Waals surface area contributed by atoms with Crippen LogP contribution in [-0.4, -0.2) is 24.2 Å². The highest BCUT2D eigenvalue weighted by Crippen LogP contribution is 2.22. The first kappa shape index (κ1) is 24.2. The number of benzene rings is 2. The topological polar surface area (TPSA) is 82.9 Å². The monoisotopic (exact) mass is 486 g/mol. The van der Waals surface area contributed by atoms with E-state index in [0.29, 0.717) is 44.1 Å². The van der Waals surface area contributed by atoms with E-state index in [-0.39, 0.29) is 24.7 Å². The molecule has 0 bridgehead atoms. The third-order valence-corrected chi connectivity index (χ3v) is 5.23. The summed E-state index contributed by atoms with van der Waals surface area (Å²) in [7, 11) is 0. The Bertz CT molecular complexity index is 886. The van der Waals surface area contributed by atoms with E-state index in [4.69, 9.17) is 46.4 Å². The summed E-state index contributed by atoms with van der Waals surface area (Å²) in [5.41, 5.74) is 6.27. The van der Waals surface area contributed by atoms with Crippen molar-refractivity contribution in [1.29, 1.82) is 0 Å². The first-order valence-electron chi connectivity index (χ1n) is 8.89. The lowest BCUT2D eigenvalue weighted by Gasteiger charge is -2.02. The summed E-state index contributed by atoms with van der Waals surface area (Å²) in [6.07, 6.45) is 4.52. The molecule has 0 aliphatic heterocycles. The number of rotatable bonds is 9. The van der Waals surface area contributed by atoms with Gasteiger partial charge in [0.25, 0.3) is 0 Å². The molecular weight excluding hydrogens is 470 g/mol. The van der Waals surface area contributed by atoms with Crippen LogP contribution in [0, 0.1) is 0 Å². The molecule has 2 aromatic carbocycles. The Morgan fingerprint density at radius 2 is 1.10 bits per heavy atom. The quantitative estimate of drug-likeness (QED) is 0.279. The minimum absolute atomic E-state index is 0.246. The molecule has 30 heavy (non-hydrogen) atoms. The number of halogens is 4. The second-order valence-corrected chi connectivity index (χ2v) is 7.77. The van der Waals surface area contributed by atoms with E-state index in [1.54, 1.807) is 36.4 Å². The van der Waals surface area contributed by atoms with Crippen LogP contribution in [0.1, 0.15) is 36.8 Å². The van der Waals surface area contributed by atoms with Gasteiger partial charge in [-0.1, -0.05) is 58.5 Å². The smallest absolute Gasteiger partial charge is 0.240 e. The van der Waals surface area contributed by atoms with Crippen molar-refractivity contribution < 1.29 is 9.59 Å². The fourth-order valence-corrected chi connectivity index (χ4v) is 2.84. The molecule has 0 spiro atoms. The predicted molar refractivity (Wildman–Crippen MR) is 123 cm³/mol. The first-order valence-corrected chi connectivity index (χ1v) is 10.4. The van der Waals surface area contributed by atoms with E-state index in [1.165, 1.54) is 12.4 Å². The number of carbonyl (C=O) groups excluding carboxylic acids is 2. The molecule has 0 aliphatic rings. The van der Waals surface area contributed by atoms with Crippen LogP contribution in [0.5, 0.6) is 0 Å². The van der Waals surface area contributed by atoms with E-state index >= 15 is 0 Å². The van der Waals surface area contributed by atoms with E-state index < -0.39 is 0 Å². The summed E-state index contributed by atoms with van der Waals surface area (Å²) in [5, 5.41) is 9.44. The largest absolute Gasteiger partial charge is 0.273 e. The van der Waals surface area contributed by atoms with E-state index in [2.05, 4.69) is 21.1 Å². The van der Waals surface area contributed by atoms with Gasteiger partial charge >= 0.3 is 0 Å². The summed E-state index contributed by atoms with van der Waals surface area (Å²) in [6, 6.07) is 10.0. The minimum atomic E-state index is -0.246. The minimum Gasteiger partial charge on any atom is -0.273 e. The van der Waals surface area contributed by atoms with Crippen LogP contribution in [0.4, 0.5) is 0 Å². The lowest BCUT2D eigenvalue weighted by atomic mass is 10.2. The van der Waals surface area contributed by atoms with Crippen molar-refractivity contribution in [3.8, 4) is 0 Å². The fourth-order valence-electron chi connectivity index (χ4n) is 2.23. The molecule has 2 aromatic rings. The average molecular weight is 488 g/mol. The highest BCUT2D eigenvalue weighted by molar-refractivity contribution is 6.42. The Morgan fingerprint density at radius 1 is 0.700 bits per heavy atom. The molecular formula is C20H18Cl4N4O2. The predicted octanol–water partition coefficient (Wildman–Crippen LogP) is 5.46. The second-order valence-electron chi connectivity index (χ2n) is 6.14. The molecule has 0 radical (unpaired) electrons. The number of hydrogen-bond acceptors (Lipinski definition) is 4. The Kier molecular flexibility index (Phi) is 10.1. The number of nitrogens with one attached hydrogen (secondary N) is 2. The number of carbonyl (C=O) groups is 2. The molecule has 10 heteroatoms. The van der Waals surface area contributed by atoms with Crippen molar-refractivity contribution in [2.75, 3.05) is 0 Å². The molecule has 2 amide bonds. The van der Waals surface area contributed by atoms with E-state index in [0.717, 1.165) is 0 Å². The highest BCUT2D eigenvalue weighted by atomic mass is 35.5. The van der Waals surface area contributed by atoms with Crippen LogP contribution in [-0.2, 0) is 9.59 Å². The molecule has 6 nitrogen and oxygen atoms in total. The number of hydrazone groups is 2. The van der Waals surface area contributed by atoms with Gasteiger partial charge in [0.1, 0.15) is 0 Å². The summed E-state index contributed by atoms with van der Waals surface area (Å²) in [4.78, 5) is 23.5. The summed E-state index contributed by atoms with van der Waals surface area (Å²) < 4.78 is 0. The van der Waals surface area contributed by atoms with Gasteiger partial charge in [0, 0.05) is 12.8 Å². The van der Waals surface area contributed by atoms with Crippen molar-refractivity contribution in [3.05, 3.63) is 67.6 Å². The van der Waals surface area contributed by atoms with Crippen molar-refractivity contribution in [2.45, 2.75) is 25.7 Å². The second kappa shape index (κ2) is 12.5. The van der Waals surface area contributed by atoms with E-state index in [1.807, 2.05) is 0 Å². The Morgan fingerprint density at radius 3 is 1.47 bits per heavy atom. The van der Waals surface area contributed by atoms with Gasteiger partial charge in [0.05, 0.1) is 32.5 Å². The molecule has 0 atom stereocenters. The van der Waals surface area contributed by atoms with Gasteiger partial charge in [-0.3, -0.25) is 9.59 Å². The van der Waals surface area contributed by atoms with Crippen LogP contribution in [0.3, 0.4) is 0 Å². The van der Waals surface area contributed by atoms with Crippen LogP contribution in [0.15, 0.2) is 46.6 Å². The number of nitrogens with zero attached hydrogens (tertiary/aromatic N) is 2. The first-order chi connectivity index (χ1) is 14.3. The third-order valence-electron chi connectivity index (χ3n) is 3.75. The number of amides is 2. The van der Waals surface area contributed by atoms with Gasteiger partial charge < -0.3 is 0 Å². The van der Waals surface area contributed by atoms with Crippen LogP contribution >= 0.6 is 46.4 Å². The van der Waals surface area contributed by atoms with Crippen LogP contribution in [0.25, 0.3) is 0 Å². The van der Waals surface area contributed by atoms with Gasteiger partial charge in [-0.05, 0) is 48.2 Å². The molecule has 0 unspecified atom stereocenters. The zero-order valence-electron chi connectivity index (χ0n) is 15.7. The zero-order chi connectivity index (χ0) is 21.9. The number of hydrogen-bond donors (Lipinski definition) is 2. The van der Waals surface area contributed by atoms with Crippen LogP contribution < -0.4 is 10.9 Å². The van der Waals surface area contributed by atoms with Crippen molar-refractivity contribution in [2.24, 2.45) is 10.2 Å². The van der Waals surface area contributed by atoms with Gasteiger partial charge in [0.2, 0.25) is 11.8 Å². The zero-order valence-corrected chi connectivity index (χ0v) is 18.7. The lowest BCUT2D eigenvalue weighted by molar-refractivity contribution is -0.123. The molecule has 0 aliphatic carbocycles. The van der Waals surface area contributed by atoms with Gasteiger partial charge in [-0.2, -0.15) is 10.2 Å². The molecule has 2 N–H and O–H groups in total. The van der Waals surface area contributed by atoms with Gasteiger partial charge in [0.15, 0.2) is 0 Å². The molecule has 0 saturated heterocycles. The van der Waals surface area contributed by atoms with Crippen molar-refractivity contribution >= 4 is 70.6 Å². The maximum Gasteiger partial charge on any atom is 0.240 e. The van der Waals surface area contributed by atoms with E-state index in [9.17, 15) is 9.59 Å². The summed E-state index contributed by atoms with van der Waals surface area (Å²) >= 11 is 23.5. The normalized spacial score (nSPS) is 11.2. The molecule has 0 saturated carbocycles. The Hall–Kier alpha value is -2.12. The standard InChI is InChI=1S/C20H18Cl4N4O2/c21-15-7-5-13(9-17(15)23)11-25-27-19(29)3-1-2-4-20(30)28-26-12-14-6-8-16(22)18(24)10-14/h5-12H,1-4H2,(H,27,29)(H,28,30). The summed E-state index contributed by atoms with van der Waals surface area (Å²) in [6.45, 7) is 0. The van der Waals surface area contributed by atoms with Gasteiger partial charge in [-0.15, -0.1) is 0 Å². The maximum atomic E-state index is 11.8. The molecule has 0 heterocycles. The lowest BCUT2D eigenvalue weighted by Crippen LogP contribution is -2.19. The van der Waals surface area contributed by atoms with Gasteiger partial charge in [-0.25, -0.2) is 10.9 Å². The molecule has 0 fully saturated rings. The molecule has 0 aromatic heterocycles. The van der Waals surface area contributed by atoms with Crippen molar-refractivity contribution in [1.82, 2.24) is 10.9 Å². The summed E-state index contributed by atoms with van der Waals surface area (Å²) in [5.74, 6) is -0.492. The third kappa shape index (κ3) is 8.71. The molecule has 158 valence electrons. The number of unbranched alkanes of at least 4 members (excludes halogenated alkanes) is 1.